The van der Waals surface area contributed by atoms with Crippen molar-refractivity contribution in [3.05, 3.63) is 34.9 Å². The van der Waals surface area contributed by atoms with E-state index in [-0.39, 0.29) is 6.10 Å². The molecule has 0 spiro atoms. The summed E-state index contributed by atoms with van der Waals surface area (Å²) in [6.45, 7) is 1.34. The van der Waals surface area contributed by atoms with Gasteiger partial charge in [-0.25, -0.2) is 0 Å². The van der Waals surface area contributed by atoms with Crippen LogP contribution in [0.25, 0.3) is 0 Å². The maximum absolute atomic E-state index is 10.0. The van der Waals surface area contributed by atoms with Crippen LogP contribution in [0.4, 0.5) is 0 Å². The van der Waals surface area contributed by atoms with E-state index in [4.69, 9.17) is 11.6 Å². The Kier molecular flexibility index (Phi) is 5.01. The third kappa shape index (κ3) is 3.69. The van der Waals surface area contributed by atoms with Gasteiger partial charge in [-0.1, -0.05) is 29.8 Å². The van der Waals surface area contributed by atoms with E-state index in [0.29, 0.717) is 17.5 Å². The summed E-state index contributed by atoms with van der Waals surface area (Å²) in [4.78, 5) is 0. The Labute approximate surface area is 113 Å². The summed E-state index contributed by atoms with van der Waals surface area (Å²) in [5.74, 6) is 0.526. The summed E-state index contributed by atoms with van der Waals surface area (Å²) in [6.07, 6.45) is 2.13. The lowest BCUT2D eigenvalue weighted by Gasteiger charge is -2.15. The summed E-state index contributed by atoms with van der Waals surface area (Å²) in [5, 5.41) is 23.3. The largest absolute Gasteiger partial charge is 0.393 e. The minimum absolute atomic E-state index is 0.134. The molecule has 0 radical (unpaired) electrons. The monoisotopic (exact) mass is 269 g/mol. The van der Waals surface area contributed by atoms with Crippen molar-refractivity contribution in [2.24, 2.45) is 5.92 Å². The van der Waals surface area contributed by atoms with Crippen molar-refractivity contribution in [1.29, 1.82) is 0 Å². The van der Waals surface area contributed by atoms with Crippen LogP contribution in [0.1, 0.15) is 30.9 Å². The molecule has 1 aliphatic carbocycles. The molecular formula is C14H20ClNO2. The highest BCUT2D eigenvalue weighted by molar-refractivity contribution is 6.31. The molecule has 1 aliphatic rings. The first-order valence-electron chi connectivity index (χ1n) is 6.48. The molecule has 3 atom stereocenters. The van der Waals surface area contributed by atoms with Crippen LogP contribution < -0.4 is 5.32 Å². The van der Waals surface area contributed by atoms with Crippen LogP contribution in [0, 0.1) is 5.92 Å². The van der Waals surface area contributed by atoms with Gasteiger partial charge in [-0.2, -0.15) is 0 Å². The Hall–Kier alpha value is -0.610. The fourth-order valence-corrected chi connectivity index (χ4v) is 2.78. The average molecular weight is 270 g/mol. The predicted molar refractivity (Wildman–Crippen MR) is 72.6 cm³/mol. The normalized spacial score (nSPS) is 25.3. The van der Waals surface area contributed by atoms with Gasteiger partial charge in [0.05, 0.1) is 12.2 Å². The van der Waals surface area contributed by atoms with Crippen LogP contribution in [0.3, 0.4) is 0 Å². The van der Waals surface area contributed by atoms with Gasteiger partial charge in [-0.05, 0) is 37.8 Å². The average Bonchev–Trinajstić information content (AvgIpc) is 2.75. The minimum atomic E-state index is -0.579. The molecule has 2 rings (SSSR count). The van der Waals surface area contributed by atoms with Crippen LogP contribution in [-0.2, 0) is 0 Å². The number of nitrogens with one attached hydrogen (secondary N) is 1. The van der Waals surface area contributed by atoms with E-state index in [1.807, 2.05) is 18.2 Å². The summed E-state index contributed by atoms with van der Waals surface area (Å²) in [5.41, 5.74) is 0.762. The molecule has 3 N–H and O–H groups in total. The zero-order chi connectivity index (χ0) is 13.0. The number of hydrogen-bond donors (Lipinski definition) is 3. The lowest BCUT2D eigenvalue weighted by Crippen LogP contribution is -2.26. The molecule has 18 heavy (non-hydrogen) atoms. The van der Waals surface area contributed by atoms with Crippen LogP contribution in [0.5, 0.6) is 0 Å². The van der Waals surface area contributed by atoms with Crippen molar-refractivity contribution in [3.63, 3.8) is 0 Å². The Morgan fingerprint density at radius 1 is 1.33 bits per heavy atom. The van der Waals surface area contributed by atoms with Gasteiger partial charge < -0.3 is 15.5 Å². The molecule has 0 bridgehead atoms. The summed E-state index contributed by atoms with van der Waals surface area (Å²) in [6, 6.07) is 7.35. The van der Waals surface area contributed by atoms with E-state index in [1.165, 1.54) is 0 Å². The molecule has 1 saturated carbocycles. The molecule has 0 aromatic heterocycles. The van der Waals surface area contributed by atoms with Gasteiger partial charge in [0.15, 0.2) is 0 Å². The Balaban J connectivity index is 1.75. The van der Waals surface area contributed by atoms with E-state index in [1.54, 1.807) is 6.07 Å². The molecule has 1 aromatic carbocycles. The van der Waals surface area contributed by atoms with Gasteiger partial charge in [0.2, 0.25) is 0 Å². The number of benzene rings is 1. The Bertz CT molecular complexity index is 386. The van der Waals surface area contributed by atoms with Crippen LogP contribution in [0.2, 0.25) is 5.02 Å². The highest BCUT2D eigenvalue weighted by Gasteiger charge is 2.22. The van der Waals surface area contributed by atoms with E-state index in [9.17, 15) is 10.2 Å². The summed E-state index contributed by atoms with van der Waals surface area (Å²) in [7, 11) is 0. The smallest absolute Gasteiger partial charge is 0.0928 e. The van der Waals surface area contributed by atoms with Gasteiger partial charge in [0, 0.05) is 17.1 Å². The summed E-state index contributed by atoms with van der Waals surface area (Å²) >= 11 is 6.02. The maximum atomic E-state index is 10.0. The lowest BCUT2D eigenvalue weighted by atomic mass is 10.1. The van der Waals surface area contributed by atoms with E-state index in [0.717, 1.165) is 31.4 Å². The Morgan fingerprint density at radius 2 is 2.11 bits per heavy atom. The zero-order valence-electron chi connectivity index (χ0n) is 10.3. The highest BCUT2D eigenvalue weighted by Crippen LogP contribution is 2.25. The first kappa shape index (κ1) is 13.8. The molecule has 3 unspecified atom stereocenters. The fraction of sp³-hybridized carbons (Fsp3) is 0.571. The molecule has 100 valence electrons. The van der Waals surface area contributed by atoms with Crippen molar-refractivity contribution in [2.75, 3.05) is 13.1 Å². The molecule has 0 saturated heterocycles. The third-order valence-electron chi connectivity index (χ3n) is 3.55. The van der Waals surface area contributed by atoms with Gasteiger partial charge in [-0.3, -0.25) is 0 Å². The molecule has 4 heteroatoms. The van der Waals surface area contributed by atoms with E-state index >= 15 is 0 Å². The lowest BCUT2D eigenvalue weighted by molar-refractivity contribution is 0.167. The van der Waals surface area contributed by atoms with E-state index < -0.39 is 6.10 Å². The summed E-state index contributed by atoms with van der Waals surface area (Å²) < 4.78 is 0. The first-order valence-corrected chi connectivity index (χ1v) is 6.86. The van der Waals surface area contributed by atoms with Gasteiger partial charge in [-0.15, -0.1) is 0 Å². The SMILES string of the molecule is OC1CCC(CNCC(O)c2ccccc2Cl)C1. The number of rotatable bonds is 5. The second-order valence-corrected chi connectivity index (χ2v) is 5.44. The number of halogens is 1. The topological polar surface area (TPSA) is 52.5 Å². The number of aliphatic hydroxyl groups excluding tert-OH is 2. The molecule has 3 nitrogen and oxygen atoms in total. The van der Waals surface area contributed by atoms with E-state index in [2.05, 4.69) is 5.32 Å². The molecule has 0 heterocycles. The predicted octanol–water partition coefficient (Wildman–Crippen LogP) is 2.12. The molecule has 1 aromatic rings. The van der Waals surface area contributed by atoms with Gasteiger partial charge in [0.1, 0.15) is 0 Å². The quantitative estimate of drug-likeness (QED) is 0.768. The van der Waals surface area contributed by atoms with Crippen molar-refractivity contribution >= 4 is 11.6 Å². The van der Waals surface area contributed by atoms with Crippen molar-refractivity contribution in [3.8, 4) is 0 Å². The Morgan fingerprint density at radius 3 is 2.78 bits per heavy atom. The second kappa shape index (κ2) is 6.53. The zero-order valence-corrected chi connectivity index (χ0v) is 11.1. The van der Waals surface area contributed by atoms with Crippen LogP contribution in [0.15, 0.2) is 24.3 Å². The van der Waals surface area contributed by atoms with Crippen molar-refractivity contribution < 1.29 is 10.2 Å². The molecule has 0 amide bonds. The minimum Gasteiger partial charge on any atom is -0.393 e. The molecular weight excluding hydrogens is 250 g/mol. The maximum Gasteiger partial charge on any atom is 0.0928 e. The van der Waals surface area contributed by atoms with Crippen LogP contribution in [-0.4, -0.2) is 29.4 Å². The standard InChI is InChI=1S/C14H20ClNO2/c15-13-4-2-1-3-12(13)14(18)9-16-8-10-5-6-11(17)7-10/h1-4,10-11,14,16-18H,5-9H2. The fourth-order valence-electron chi connectivity index (χ4n) is 2.51. The van der Waals surface area contributed by atoms with Gasteiger partial charge >= 0.3 is 0 Å². The van der Waals surface area contributed by atoms with Crippen molar-refractivity contribution in [1.82, 2.24) is 5.32 Å². The van der Waals surface area contributed by atoms with Crippen LogP contribution >= 0.6 is 11.6 Å². The second-order valence-electron chi connectivity index (χ2n) is 5.03. The molecule has 1 fully saturated rings. The first-order chi connectivity index (χ1) is 8.66. The third-order valence-corrected chi connectivity index (χ3v) is 3.89. The van der Waals surface area contributed by atoms with Gasteiger partial charge in [0.25, 0.3) is 0 Å². The molecule has 0 aliphatic heterocycles. The number of hydrogen-bond acceptors (Lipinski definition) is 3. The van der Waals surface area contributed by atoms with Crippen molar-refractivity contribution in [2.45, 2.75) is 31.5 Å². The number of aliphatic hydroxyl groups is 2. The highest BCUT2D eigenvalue weighted by atomic mass is 35.5.